The molecular formula is C15H25BrN2O2S. The molecule has 1 rings (SSSR count). The van der Waals surface area contributed by atoms with Crippen molar-refractivity contribution in [1.29, 1.82) is 0 Å². The highest BCUT2D eigenvalue weighted by Gasteiger charge is 2.19. The third kappa shape index (κ3) is 5.70. The van der Waals surface area contributed by atoms with Gasteiger partial charge in [-0.05, 0) is 46.1 Å². The molecule has 0 atom stereocenters. The number of sulfonamides is 1. The minimum atomic E-state index is -3.48. The average Bonchev–Trinajstić information content (AvgIpc) is 2.47. The summed E-state index contributed by atoms with van der Waals surface area (Å²) >= 11 is 3.34. The molecule has 0 bridgehead atoms. The van der Waals surface area contributed by atoms with Gasteiger partial charge in [0.05, 0.1) is 4.90 Å². The molecule has 4 nitrogen and oxygen atoms in total. The van der Waals surface area contributed by atoms with Gasteiger partial charge in [0.1, 0.15) is 0 Å². The van der Waals surface area contributed by atoms with E-state index in [0.29, 0.717) is 28.4 Å². The zero-order chi connectivity index (χ0) is 15.9. The fraction of sp³-hybridized carbons (Fsp3) is 0.600. The summed E-state index contributed by atoms with van der Waals surface area (Å²) < 4.78 is 28.2. The molecule has 0 spiro atoms. The van der Waals surface area contributed by atoms with Gasteiger partial charge in [0.2, 0.25) is 10.0 Å². The van der Waals surface area contributed by atoms with E-state index in [1.54, 1.807) is 12.1 Å². The van der Waals surface area contributed by atoms with Crippen LogP contribution in [0.1, 0.15) is 39.2 Å². The highest BCUT2D eigenvalue weighted by atomic mass is 79.9. The van der Waals surface area contributed by atoms with Gasteiger partial charge in [0.15, 0.2) is 0 Å². The van der Waals surface area contributed by atoms with Gasteiger partial charge in [-0.15, -0.1) is 0 Å². The lowest BCUT2D eigenvalue weighted by Gasteiger charge is -2.15. The van der Waals surface area contributed by atoms with E-state index in [4.69, 9.17) is 0 Å². The van der Waals surface area contributed by atoms with Crippen LogP contribution in [0.15, 0.2) is 27.6 Å². The van der Waals surface area contributed by atoms with Gasteiger partial charge >= 0.3 is 0 Å². The van der Waals surface area contributed by atoms with Crippen LogP contribution in [-0.4, -0.2) is 21.5 Å². The maximum atomic E-state index is 12.5. The maximum absolute atomic E-state index is 12.5. The Morgan fingerprint density at radius 1 is 1.19 bits per heavy atom. The first-order valence-corrected chi connectivity index (χ1v) is 9.71. The molecule has 0 amide bonds. The van der Waals surface area contributed by atoms with Crippen molar-refractivity contribution < 1.29 is 8.42 Å². The molecule has 1 aromatic rings. The van der Waals surface area contributed by atoms with E-state index in [1.165, 1.54) is 0 Å². The van der Waals surface area contributed by atoms with Crippen LogP contribution in [0.2, 0.25) is 0 Å². The van der Waals surface area contributed by atoms with E-state index in [9.17, 15) is 8.42 Å². The van der Waals surface area contributed by atoms with Gasteiger partial charge < -0.3 is 5.32 Å². The number of benzene rings is 1. The van der Waals surface area contributed by atoms with Crippen LogP contribution in [0.4, 0.5) is 0 Å². The molecule has 120 valence electrons. The molecule has 0 heterocycles. The lowest BCUT2D eigenvalue weighted by atomic mass is 10.0. The molecule has 6 heteroatoms. The Morgan fingerprint density at radius 3 is 2.43 bits per heavy atom. The van der Waals surface area contributed by atoms with Crippen molar-refractivity contribution in [3.63, 3.8) is 0 Å². The van der Waals surface area contributed by atoms with Crippen molar-refractivity contribution in [2.24, 2.45) is 5.92 Å². The quantitative estimate of drug-likeness (QED) is 0.695. The van der Waals surface area contributed by atoms with Crippen molar-refractivity contribution in [3.05, 3.63) is 28.2 Å². The van der Waals surface area contributed by atoms with E-state index in [1.807, 2.05) is 13.0 Å². The van der Waals surface area contributed by atoms with Crippen molar-refractivity contribution in [2.45, 2.75) is 45.1 Å². The molecular weight excluding hydrogens is 352 g/mol. The third-order valence-electron chi connectivity index (χ3n) is 3.58. The van der Waals surface area contributed by atoms with E-state index < -0.39 is 10.0 Å². The Balaban J connectivity index is 2.90. The third-order valence-corrected chi connectivity index (χ3v) is 6.00. The second kappa shape index (κ2) is 8.88. The van der Waals surface area contributed by atoms with Gasteiger partial charge in [-0.3, -0.25) is 0 Å². The van der Waals surface area contributed by atoms with Crippen LogP contribution in [0.3, 0.4) is 0 Å². The summed E-state index contributed by atoms with van der Waals surface area (Å²) in [6.07, 6.45) is 1.95. The predicted octanol–water partition coefficient (Wildman–Crippen LogP) is 3.27. The molecule has 1 aromatic carbocycles. The molecule has 0 aliphatic carbocycles. The molecule has 0 saturated heterocycles. The van der Waals surface area contributed by atoms with Crippen LogP contribution in [-0.2, 0) is 16.6 Å². The zero-order valence-corrected chi connectivity index (χ0v) is 15.4. The van der Waals surface area contributed by atoms with E-state index >= 15 is 0 Å². The monoisotopic (exact) mass is 376 g/mol. The highest BCUT2D eigenvalue weighted by molar-refractivity contribution is 9.10. The molecule has 0 aromatic heterocycles. The van der Waals surface area contributed by atoms with Crippen LogP contribution in [0.25, 0.3) is 0 Å². The lowest BCUT2D eigenvalue weighted by Crippen LogP contribution is -2.29. The van der Waals surface area contributed by atoms with Crippen LogP contribution >= 0.6 is 15.9 Å². The number of halogens is 1. The number of rotatable bonds is 9. The Morgan fingerprint density at radius 2 is 1.86 bits per heavy atom. The van der Waals surface area contributed by atoms with Crippen LogP contribution in [0.5, 0.6) is 0 Å². The largest absolute Gasteiger partial charge is 0.313 e. The fourth-order valence-electron chi connectivity index (χ4n) is 2.02. The zero-order valence-electron chi connectivity index (χ0n) is 12.9. The lowest BCUT2D eigenvalue weighted by molar-refractivity contribution is 0.478. The van der Waals surface area contributed by atoms with Gasteiger partial charge in [-0.2, -0.15) is 0 Å². The molecule has 0 unspecified atom stereocenters. The van der Waals surface area contributed by atoms with Crippen molar-refractivity contribution >= 4 is 26.0 Å². The molecule has 0 aliphatic rings. The summed E-state index contributed by atoms with van der Waals surface area (Å²) in [6.45, 7) is 8.18. The predicted molar refractivity (Wildman–Crippen MR) is 90.8 cm³/mol. The highest BCUT2D eigenvalue weighted by Crippen LogP contribution is 2.23. The fourth-order valence-corrected chi connectivity index (χ4v) is 4.14. The second-order valence-corrected chi connectivity index (χ2v) is 7.67. The summed E-state index contributed by atoms with van der Waals surface area (Å²) in [7, 11) is -3.48. The molecule has 0 radical (unpaired) electrons. The van der Waals surface area contributed by atoms with Gasteiger partial charge in [0.25, 0.3) is 0 Å². The minimum absolute atomic E-state index is 0.309. The average molecular weight is 377 g/mol. The molecule has 0 saturated carbocycles. The Kier molecular flexibility index (Phi) is 7.87. The SMILES string of the molecule is CCNCc1ccc(Br)c(S(=O)(=O)NCC(CC)CC)c1. The Hall–Kier alpha value is -0.430. The van der Waals surface area contributed by atoms with Crippen LogP contribution in [0, 0.1) is 5.92 Å². The van der Waals surface area contributed by atoms with Crippen molar-refractivity contribution in [2.75, 3.05) is 13.1 Å². The number of nitrogens with one attached hydrogen (secondary N) is 2. The minimum Gasteiger partial charge on any atom is -0.313 e. The first kappa shape index (κ1) is 18.6. The summed E-state index contributed by atoms with van der Waals surface area (Å²) in [4.78, 5) is 0.309. The number of hydrogen-bond acceptors (Lipinski definition) is 3. The van der Waals surface area contributed by atoms with E-state index in [0.717, 1.165) is 24.9 Å². The molecule has 0 aliphatic heterocycles. The topological polar surface area (TPSA) is 58.2 Å². The Labute approximate surface area is 136 Å². The van der Waals surface area contributed by atoms with Crippen LogP contribution < -0.4 is 10.0 Å². The van der Waals surface area contributed by atoms with Crippen molar-refractivity contribution in [3.8, 4) is 0 Å². The smallest absolute Gasteiger partial charge is 0.241 e. The molecule has 0 fully saturated rings. The molecule has 21 heavy (non-hydrogen) atoms. The second-order valence-electron chi connectivity index (χ2n) is 5.08. The Bertz CT molecular complexity index is 543. The van der Waals surface area contributed by atoms with E-state index in [-0.39, 0.29) is 0 Å². The number of hydrogen-bond donors (Lipinski definition) is 2. The summed E-state index contributed by atoms with van der Waals surface area (Å²) in [6, 6.07) is 5.44. The normalized spacial score (nSPS) is 12.0. The van der Waals surface area contributed by atoms with Gasteiger partial charge in [-0.1, -0.05) is 39.7 Å². The molecule has 2 N–H and O–H groups in total. The summed E-state index contributed by atoms with van der Waals surface area (Å²) in [5, 5.41) is 3.20. The first-order chi connectivity index (χ1) is 9.94. The van der Waals surface area contributed by atoms with Crippen molar-refractivity contribution in [1.82, 2.24) is 10.0 Å². The van der Waals surface area contributed by atoms with Gasteiger partial charge in [0, 0.05) is 17.6 Å². The maximum Gasteiger partial charge on any atom is 0.241 e. The van der Waals surface area contributed by atoms with E-state index in [2.05, 4.69) is 39.8 Å². The first-order valence-electron chi connectivity index (χ1n) is 7.43. The van der Waals surface area contributed by atoms with Gasteiger partial charge in [-0.25, -0.2) is 13.1 Å². The standard InChI is InChI=1S/C15H25BrN2O2S/c1-4-12(5-2)11-18-21(19,20)15-9-13(10-17-6-3)7-8-14(15)16/h7-9,12,17-18H,4-6,10-11H2,1-3H3. The summed E-state index contributed by atoms with van der Waals surface area (Å²) in [5.41, 5.74) is 0.961. The summed E-state index contributed by atoms with van der Waals surface area (Å²) in [5.74, 6) is 0.378.